The van der Waals surface area contributed by atoms with Gasteiger partial charge in [-0.1, -0.05) is 0 Å². The molecule has 8 heteroatoms. The van der Waals surface area contributed by atoms with Gasteiger partial charge in [0.15, 0.2) is 5.65 Å². The van der Waals surface area contributed by atoms with Crippen LogP contribution in [0, 0.1) is 13.8 Å². The number of aryl methyl sites for hydroxylation is 2. The van der Waals surface area contributed by atoms with Crippen molar-refractivity contribution in [2.24, 2.45) is 0 Å². The van der Waals surface area contributed by atoms with E-state index in [0.717, 1.165) is 11.4 Å². The van der Waals surface area contributed by atoms with Gasteiger partial charge in [-0.2, -0.15) is 5.10 Å². The topological polar surface area (TPSA) is 89.1 Å². The molecule has 8 nitrogen and oxygen atoms in total. The van der Waals surface area contributed by atoms with Crippen molar-refractivity contribution in [3.8, 4) is 0 Å². The van der Waals surface area contributed by atoms with Crippen LogP contribution in [0.5, 0.6) is 0 Å². The molecular weight excluding hydrogens is 294 g/mol. The Morgan fingerprint density at radius 1 is 1.39 bits per heavy atom. The highest BCUT2D eigenvalue weighted by molar-refractivity contribution is 5.92. The molecule has 23 heavy (non-hydrogen) atoms. The lowest BCUT2D eigenvalue weighted by atomic mass is 10.3. The summed E-state index contributed by atoms with van der Waals surface area (Å²) in [6, 6.07) is 5.41. The van der Waals surface area contributed by atoms with Gasteiger partial charge in [-0.3, -0.25) is 9.08 Å². The summed E-state index contributed by atoms with van der Waals surface area (Å²) in [7, 11) is 0. The minimum absolute atomic E-state index is 0.0679. The van der Waals surface area contributed by atoms with Gasteiger partial charge < -0.3 is 10.6 Å². The van der Waals surface area contributed by atoms with Crippen molar-refractivity contribution >= 4 is 17.4 Å². The third kappa shape index (κ3) is 3.15. The average molecular weight is 313 g/mol. The van der Waals surface area contributed by atoms with Crippen LogP contribution in [-0.4, -0.2) is 37.0 Å². The molecule has 0 unspecified atom stereocenters. The molecule has 0 spiro atoms. The maximum atomic E-state index is 12.1. The molecule has 0 saturated heterocycles. The number of hydrogen-bond acceptors (Lipinski definition) is 4. The van der Waals surface area contributed by atoms with Crippen molar-refractivity contribution in [1.29, 1.82) is 0 Å². The Bertz CT molecular complexity index is 835. The van der Waals surface area contributed by atoms with Crippen molar-refractivity contribution in [1.82, 2.24) is 29.7 Å². The van der Waals surface area contributed by atoms with E-state index in [-0.39, 0.29) is 12.1 Å². The molecule has 3 aromatic heterocycles. The standard InChI is InChI=1S/C15H19N7O/c1-10-7-11(2)22(20-10)12(3)8-16-15(23)18-13-5-4-6-21-9-17-19-14(13)21/h4-7,9,12H,8H2,1-3H3,(H2,16,18,23)/t12-/m0/s1. The van der Waals surface area contributed by atoms with Gasteiger partial charge in [-0.05, 0) is 39.0 Å². The minimum Gasteiger partial charge on any atom is -0.336 e. The van der Waals surface area contributed by atoms with Crippen molar-refractivity contribution in [2.45, 2.75) is 26.8 Å². The van der Waals surface area contributed by atoms with Crippen LogP contribution >= 0.6 is 0 Å². The third-order valence-corrected chi connectivity index (χ3v) is 3.59. The van der Waals surface area contributed by atoms with Gasteiger partial charge in [0.1, 0.15) is 6.33 Å². The highest BCUT2D eigenvalue weighted by Gasteiger charge is 2.12. The number of urea groups is 1. The Kier molecular flexibility index (Phi) is 3.96. The number of carbonyl (C=O) groups is 1. The number of aromatic nitrogens is 5. The highest BCUT2D eigenvalue weighted by Crippen LogP contribution is 2.13. The van der Waals surface area contributed by atoms with Crippen LogP contribution in [0.4, 0.5) is 10.5 Å². The summed E-state index contributed by atoms with van der Waals surface area (Å²) in [6.07, 6.45) is 3.41. The zero-order valence-corrected chi connectivity index (χ0v) is 13.3. The summed E-state index contributed by atoms with van der Waals surface area (Å²) in [5, 5.41) is 17.9. The number of fused-ring (bicyclic) bond motifs is 1. The predicted molar refractivity (Wildman–Crippen MR) is 86.4 cm³/mol. The molecule has 120 valence electrons. The van der Waals surface area contributed by atoms with E-state index in [1.165, 1.54) is 0 Å². The van der Waals surface area contributed by atoms with Crippen LogP contribution in [0.3, 0.4) is 0 Å². The van der Waals surface area contributed by atoms with E-state index >= 15 is 0 Å². The Balaban J connectivity index is 1.61. The van der Waals surface area contributed by atoms with Crippen LogP contribution < -0.4 is 10.6 Å². The van der Waals surface area contributed by atoms with Crippen LogP contribution in [0.25, 0.3) is 5.65 Å². The predicted octanol–water partition coefficient (Wildman–Crippen LogP) is 1.93. The van der Waals surface area contributed by atoms with Gasteiger partial charge in [-0.15, -0.1) is 10.2 Å². The number of amides is 2. The van der Waals surface area contributed by atoms with Gasteiger partial charge in [0.2, 0.25) is 0 Å². The molecule has 2 N–H and O–H groups in total. The summed E-state index contributed by atoms with van der Waals surface area (Å²) in [6.45, 7) is 6.45. The summed E-state index contributed by atoms with van der Waals surface area (Å²) >= 11 is 0. The van der Waals surface area contributed by atoms with Gasteiger partial charge in [0.25, 0.3) is 0 Å². The van der Waals surface area contributed by atoms with Gasteiger partial charge >= 0.3 is 6.03 Å². The van der Waals surface area contributed by atoms with E-state index in [2.05, 4.69) is 25.9 Å². The number of nitrogens with one attached hydrogen (secondary N) is 2. The van der Waals surface area contributed by atoms with Gasteiger partial charge in [-0.25, -0.2) is 4.79 Å². The maximum Gasteiger partial charge on any atom is 0.319 e. The molecule has 0 aliphatic carbocycles. The Labute approximate surface area is 133 Å². The average Bonchev–Trinajstić information content (AvgIpc) is 3.11. The molecule has 1 atom stereocenters. The lowest BCUT2D eigenvalue weighted by Gasteiger charge is -2.15. The SMILES string of the molecule is Cc1cc(C)n([C@@H](C)CNC(=O)Nc2cccn3cnnc23)n1. The molecule has 0 aliphatic heterocycles. The van der Waals surface area contributed by atoms with Crippen LogP contribution in [0.15, 0.2) is 30.7 Å². The molecule has 0 bridgehead atoms. The minimum atomic E-state index is -0.283. The Morgan fingerprint density at radius 2 is 2.22 bits per heavy atom. The summed E-state index contributed by atoms with van der Waals surface area (Å²) in [5.41, 5.74) is 3.26. The first kappa shape index (κ1) is 15.0. The second-order valence-corrected chi connectivity index (χ2v) is 5.54. The second-order valence-electron chi connectivity index (χ2n) is 5.54. The van der Waals surface area contributed by atoms with Crippen molar-refractivity contribution in [3.05, 3.63) is 42.1 Å². The van der Waals surface area contributed by atoms with Gasteiger partial charge in [0, 0.05) is 18.4 Å². The third-order valence-electron chi connectivity index (χ3n) is 3.59. The van der Waals surface area contributed by atoms with E-state index in [4.69, 9.17) is 0 Å². The fraction of sp³-hybridized carbons (Fsp3) is 0.333. The zero-order chi connectivity index (χ0) is 16.4. The molecule has 3 rings (SSSR count). The molecule has 2 amide bonds. The largest absolute Gasteiger partial charge is 0.336 e. The molecular formula is C15H19N7O. The van der Waals surface area contributed by atoms with E-state index in [1.807, 2.05) is 43.8 Å². The first-order valence-electron chi connectivity index (χ1n) is 7.40. The number of nitrogens with zero attached hydrogens (tertiary/aromatic N) is 5. The van der Waals surface area contributed by atoms with Crippen LogP contribution in [0.2, 0.25) is 0 Å². The molecule has 3 aromatic rings. The highest BCUT2D eigenvalue weighted by atomic mass is 16.2. The molecule has 3 heterocycles. The fourth-order valence-corrected chi connectivity index (χ4v) is 2.53. The first-order chi connectivity index (χ1) is 11.0. The summed E-state index contributed by atoms with van der Waals surface area (Å²) in [4.78, 5) is 12.1. The maximum absolute atomic E-state index is 12.1. The lowest BCUT2D eigenvalue weighted by molar-refractivity contribution is 0.250. The number of pyridine rings is 1. The summed E-state index contributed by atoms with van der Waals surface area (Å²) < 4.78 is 3.66. The van der Waals surface area contributed by atoms with Crippen molar-refractivity contribution in [3.63, 3.8) is 0 Å². The zero-order valence-electron chi connectivity index (χ0n) is 13.3. The molecule has 0 radical (unpaired) electrons. The Morgan fingerprint density at radius 3 is 2.96 bits per heavy atom. The van der Waals surface area contributed by atoms with E-state index in [0.29, 0.717) is 17.9 Å². The molecule has 0 aliphatic rings. The Hall–Kier alpha value is -2.90. The van der Waals surface area contributed by atoms with Gasteiger partial charge in [0.05, 0.1) is 17.4 Å². The fourth-order valence-electron chi connectivity index (χ4n) is 2.53. The summed E-state index contributed by atoms with van der Waals surface area (Å²) in [5.74, 6) is 0. The second kappa shape index (κ2) is 6.07. The smallest absolute Gasteiger partial charge is 0.319 e. The number of hydrogen-bond donors (Lipinski definition) is 2. The molecule has 0 aromatic carbocycles. The van der Waals surface area contributed by atoms with E-state index < -0.39 is 0 Å². The van der Waals surface area contributed by atoms with Crippen LogP contribution in [0.1, 0.15) is 24.4 Å². The normalized spacial score (nSPS) is 12.3. The quantitative estimate of drug-likeness (QED) is 0.770. The molecule has 0 fully saturated rings. The van der Waals surface area contributed by atoms with Crippen LogP contribution in [-0.2, 0) is 0 Å². The van der Waals surface area contributed by atoms with E-state index in [9.17, 15) is 4.79 Å². The van der Waals surface area contributed by atoms with Crippen molar-refractivity contribution in [2.75, 3.05) is 11.9 Å². The van der Waals surface area contributed by atoms with Crippen molar-refractivity contribution < 1.29 is 4.79 Å². The molecule has 0 saturated carbocycles. The monoisotopic (exact) mass is 313 g/mol. The number of anilines is 1. The first-order valence-corrected chi connectivity index (χ1v) is 7.40. The lowest BCUT2D eigenvalue weighted by Crippen LogP contribution is -2.33. The number of rotatable bonds is 4. The van der Waals surface area contributed by atoms with E-state index in [1.54, 1.807) is 16.8 Å². The number of carbonyl (C=O) groups excluding carboxylic acids is 1.